The van der Waals surface area contributed by atoms with Gasteiger partial charge in [0.15, 0.2) is 0 Å². The first-order chi connectivity index (χ1) is 16.4. The molecule has 2 atom stereocenters. The van der Waals surface area contributed by atoms with E-state index in [1.807, 2.05) is 62.4 Å². The summed E-state index contributed by atoms with van der Waals surface area (Å²) in [6.45, 7) is 10.3. The molecule has 0 spiro atoms. The summed E-state index contributed by atoms with van der Waals surface area (Å²) in [5.74, 6) is -0.884. The fourth-order valence-electron chi connectivity index (χ4n) is 3.84. The fraction of sp³-hybridized carbons (Fsp3) is 0.444. The molecular formula is C27H37N3O5. The first-order valence-corrected chi connectivity index (χ1v) is 11.7. The minimum atomic E-state index is -0.998. The van der Waals surface area contributed by atoms with E-state index in [9.17, 15) is 19.5 Å². The van der Waals surface area contributed by atoms with E-state index in [1.54, 1.807) is 20.8 Å². The van der Waals surface area contributed by atoms with E-state index in [1.165, 1.54) is 11.8 Å². The average Bonchev–Trinajstić information content (AvgIpc) is 2.77. The monoisotopic (exact) mass is 483 g/mol. The lowest BCUT2D eigenvalue weighted by Crippen LogP contribution is -2.52. The molecule has 0 bridgehead atoms. The van der Waals surface area contributed by atoms with Gasteiger partial charge in [-0.25, -0.2) is 4.79 Å². The zero-order valence-corrected chi connectivity index (χ0v) is 21.4. The van der Waals surface area contributed by atoms with Crippen LogP contribution in [0.15, 0.2) is 48.5 Å². The lowest BCUT2D eigenvalue weighted by molar-refractivity contribution is -0.142. The van der Waals surface area contributed by atoms with Crippen LogP contribution in [-0.4, -0.2) is 52.7 Å². The summed E-state index contributed by atoms with van der Waals surface area (Å²) >= 11 is 0. The van der Waals surface area contributed by atoms with Crippen LogP contribution in [0.5, 0.6) is 0 Å². The molecule has 0 aromatic heterocycles. The lowest BCUT2D eigenvalue weighted by Gasteiger charge is -2.34. The Hall–Kier alpha value is -3.39. The van der Waals surface area contributed by atoms with Gasteiger partial charge in [-0.2, -0.15) is 0 Å². The first-order valence-electron chi connectivity index (χ1n) is 11.7. The van der Waals surface area contributed by atoms with Gasteiger partial charge in [0, 0.05) is 13.1 Å². The molecular weight excluding hydrogens is 446 g/mol. The van der Waals surface area contributed by atoms with Gasteiger partial charge in [-0.15, -0.1) is 0 Å². The highest BCUT2D eigenvalue weighted by Crippen LogP contribution is 2.28. The standard InChI is InChI=1S/C27H37N3O5/c1-18-11-10-12-19(2)22(18)23(24(32)28-17-21-13-8-7-9-14-21)30(15-16-31)25(33)20(3)29-26(34)35-27(4,5)6/h7-14,20,23,31H,15-17H2,1-6H3,(H,28,32)(H,29,34). The number of hydrogen-bond donors (Lipinski definition) is 3. The van der Waals surface area contributed by atoms with Crippen LogP contribution < -0.4 is 10.6 Å². The molecule has 0 aliphatic heterocycles. The van der Waals surface area contributed by atoms with E-state index >= 15 is 0 Å². The summed E-state index contributed by atoms with van der Waals surface area (Å²) in [5, 5.41) is 15.3. The Kier molecular flexibility index (Phi) is 9.83. The van der Waals surface area contributed by atoms with Crippen LogP contribution in [0.25, 0.3) is 0 Å². The average molecular weight is 484 g/mol. The Morgan fingerprint density at radius 3 is 2.14 bits per heavy atom. The third kappa shape index (κ3) is 8.10. The zero-order chi connectivity index (χ0) is 26.2. The zero-order valence-electron chi connectivity index (χ0n) is 21.4. The molecule has 2 aromatic rings. The van der Waals surface area contributed by atoms with Crippen LogP contribution in [0.3, 0.4) is 0 Å². The van der Waals surface area contributed by atoms with Gasteiger partial charge in [0.1, 0.15) is 17.7 Å². The molecule has 2 unspecified atom stereocenters. The van der Waals surface area contributed by atoms with Gasteiger partial charge in [0.05, 0.1) is 6.61 Å². The smallest absolute Gasteiger partial charge is 0.408 e. The van der Waals surface area contributed by atoms with Crippen molar-refractivity contribution in [1.82, 2.24) is 15.5 Å². The molecule has 0 aliphatic carbocycles. The number of benzene rings is 2. The SMILES string of the molecule is Cc1cccc(C)c1C(C(=O)NCc1ccccc1)N(CCO)C(=O)C(C)NC(=O)OC(C)(C)C. The second kappa shape index (κ2) is 12.4. The van der Waals surface area contributed by atoms with E-state index in [0.29, 0.717) is 5.56 Å². The number of nitrogens with zero attached hydrogens (tertiary/aromatic N) is 1. The number of amides is 3. The Morgan fingerprint density at radius 1 is 1.00 bits per heavy atom. The second-order valence-electron chi connectivity index (χ2n) is 9.53. The molecule has 0 fully saturated rings. The van der Waals surface area contributed by atoms with Crippen LogP contribution in [0.4, 0.5) is 4.79 Å². The molecule has 2 rings (SSSR count). The van der Waals surface area contributed by atoms with Crippen molar-refractivity contribution in [3.63, 3.8) is 0 Å². The van der Waals surface area contributed by atoms with Crippen molar-refractivity contribution in [2.24, 2.45) is 0 Å². The molecule has 8 heteroatoms. The van der Waals surface area contributed by atoms with Gasteiger partial charge in [-0.05, 0) is 63.8 Å². The number of aryl methyl sites for hydroxylation is 2. The highest BCUT2D eigenvalue weighted by atomic mass is 16.6. The van der Waals surface area contributed by atoms with Crippen molar-refractivity contribution in [2.75, 3.05) is 13.2 Å². The molecule has 0 saturated carbocycles. The van der Waals surface area contributed by atoms with Crippen LogP contribution in [0.1, 0.15) is 56.0 Å². The first kappa shape index (κ1) is 27.9. The number of hydrogen-bond acceptors (Lipinski definition) is 5. The molecule has 3 amide bonds. The number of nitrogens with one attached hydrogen (secondary N) is 2. The van der Waals surface area contributed by atoms with E-state index in [4.69, 9.17) is 4.74 Å². The lowest BCUT2D eigenvalue weighted by atomic mass is 9.93. The summed E-state index contributed by atoms with van der Waals surface area (Å²) < 4.78 is 5.27. The van der Waals surface area contributed by atoms with E-state index in [2.05, 4.69) is 10.6 Å². The van der Waals surface area contributed by atoms with Crippen LogP contribution in [0.2, 0.25) is 0 Å². The van der Waals surface area contributed by atoms with Gasteiger partial charge in [-0.3, -0.25) is 9.59 Å². The summed E-state index contributed by atoms with van der Waals surface area (Å²) in [6.07, 6.45) is -0.737. The molecule has 2 aromatic carbocycles. The quantitative estimate of drug-likeness (QED) is 0.507. The predicted molar refractivity (Wildman–Crippen MR) is 135 cm³/mol. The molecule has 8 nitrogen and oxygen atoms in total. The summed E-state index contributed by atoms with van der Waals surface area (Å²) in [4.78, 5) is 40.7. The highest BCUT2D eigenvalue weighted by Gasteiger charge is 2.35. The van der Waals surface area contributed by atoms with Crippen LogP contribution >= 0.6 is 0 Å². The predicted octanol–water partition coefficient (Wildman–Crippen LogP) is 3.40. The third-order valence-corrected chi connectivity index (χ3v) is 5.41. The summed E-state index contributed by atoms with van der Waals surface area (Å²) in [6, 6.07) is 13.1. The Bertz CT molecular complexity index is 997. The second-order valence-corrected chi connectivity index (χ2v) is 9.53. The fourth-order valence-corrected chi connectivity index (χ4v) is 3.84. The van der Waals surface area contributed by atoms with Crippen molar-refractivity contribution in [3.8, 4) is 0 Å². The number of aliphatic hydroxyl groups is 1. The molecule has 190 valence electrons. The van der Waals surface area contributed by atoms with Crippen molar-refractivity contribution in [2.45, 2.75) is 65.8 Å². The van der Waals surface area contributed by atoms with Gasteiger partial charge in [0.25, 0.3) is 0 Å². The summed E-state index contributed by atoms with van der Waals surface area (Å²) in [7, 11) is 0. The van der Waals surface area contributed by atoms with Gasteiger partial charge < -0.3 is 25.4 Å². The highest BCUT2D eigenvalue weighted by molar-refractivity contribution is 5.92. The molecule has 3 N–H and O–H groups in total. The Balaban J connectivity index is 2.38. The van der Waals surface area contributed by atoms with Crippen LogP contribution in [-0.2, 0) is 20.9 Å². The molecule has 0 saturated heterocycles. The van der Waals surface area contributed by atoms with Gasteiger partial charge >= 0.3 is 6.09 Å². The minimum absolute atomic E-state index is 0.0869. The van der Waals surface area contributed by atoms with Gasteiger partial charge in [0.2, 0.25) is 11.8 Å². The normalized spacial score (nSPS) is 12.9. The number of aliphatic hydroxyl groups excluding tert-OH is 1. The molecule has 0 aliphatic rings. The minimum Gasteiger partial charge on any atom is -0.444 e. The summed E-state index contributed by atoms with van der Waals surface area (Å²) in [5.41, 5.74) is 2.56. The topological polar surface area (TPSA) is 108 Å². The Morgan fingerprint density at radius 2 is 1.60 bits per heavy atom. The van der Waals surface area contributed by atoms with Gasteiger partial charge in [-0.1, -0.05) is 48.5 Å². The molecule has 0 heterocycles. The van der Waals surface area contributed by atoms with Crippen molar-refractivity contribution < 1.29 is 24.2 Å². The van der Waals surface area contributed by atoms with Crippen molar-refractivity contribution >= 4 is 17.9 Å². The van der Waals surface area contributed by atoms with E-state index in [-0.39, 0.29) is 25.6 Å². The number of rotatable bonds is 9. The van der Waals surface area contributed by atoms with E-state index in [0.717, 1.165) is 16.7 Å². The molecule has 0 radical (unpaired) electrons. The number of alkyl carbamates (subject to hydrolysis) is 1. The third-order valence-electron chi connectivity index (χ3n) is 5.41. The number of carbonyl (C=O) groups excluding carboxylic acids is 3. The Labute approximate surface area is 207 Å². The maximum absolute atomic E-state index is 13.6. The molecule has 35 heavy (non-hydrogen) atoms. The largest absolute Gasteiger partial charge is 0.444 e. The maximum Gasteiger partial charge on any atom is 0.408 e. The number of carbonyl (C=O) groups is 3. The maximum atomic E-state index is 13.6. The van der Waals surface area contributed by atoms with Crippen molar-refractivity contribution in [1.29, 1.82) is 0 Å². The van der Waals surface area contributed by atoms with E-state index < -0.39 is 29.7 Å². The number of ether oxygens (including phenoxy) is 1. The van der Waals surface area contributed by atoms with Crippen molar-refractivity contribution in [3.05, 3.63) is 70.8 Å². The van der Waals surface area contributed by atoms with Crippen LogP contribution in [0, 0.1) is 13.8 Å².